The maximum atomic E-state index is 12.7. The average molecular weight is 367 g/mol. The van der Waals surface area contributed by atoms with E-state index in [1.807, 2.05) is 32.0 Å². The van der Waals surface area contributed by atoms with Crippen molar-refractivity contribution in [2.75, 3.05) is 52.5 Å². The van der Waals surface area contributed by atoms with E-state index in [2.05, 4.69) is 0 Å². The van der Waals surface area contributed by atoms with Crippen LogP contribution in [0.4, 0.5) is 0 Å². The van der Waals surface area contributed by atoms with E-state index in [1.54, 1.807) is 4.90 Å². The first-order valence-electron chi connectivity index (χ1n) is 8.58. The standard InChI is InChI=1S/C17H25N3O4S/c1-14-11-15(2)13-16(12-14)17(21)18-3-5-19(6-4-18)25(22,23)20-7-9-24-10-8-20/h11-13H,3-10H2,1-2H3. The van der Waals surface area contributed by atoms with Crippen LogP contribution in [0.2, 0.25) is 0 Å². The van der Waals surface area contributed by atoms with Crippen LogP contribution in [0.1, 0.15) is 21.5 Å². The first kappa shape index (κ1) is 18.3. The summed E-state index contributed by atoms with van der Waals surface area (Å²) in [5.41, 5.74) is 2.77. The Kier molecular flexibility index (Phi) is 5.43. The van der Waals surface area contributed by atoms with Gasteiger partial charge >= 0.3 is 0 Å². The van der Waals surface area contributed by atoms with Gasteiger partial charge in [-0.2, -0.15) is 17.0 Å². The van der Waals surface area contributed by atoms with Crippen LogP contribution in [0, 0.1) is 13.8 Å². The monoisotopic (exact) mass is 367 g/mol. The van der Waals surface area contributed by atoms with Crippen LogP contribution in [-0.2, 0) is 14.9 Å². The van der Waals surface area contributed by atoms with Crippen molar-refractivity contribution in [1.82, 2.24) is 13.5 Å². The zero-order valence-electron chi connectivity index (χ0n) is 14.8. The van der Waals surface area contributed by atoms with Crippen LogP contribution in [-0.4, -0.2) is 80.3 Å². The van der Waals surface area contributed by atoms with Crippen molar-refractivity contribution in [2.24, 2.45) is 0 Å². The van der Waals surface area contributed by atoms with Crippen molar-refractivity contribution < 1.29 is 17.9 Å². The molecule has 138 valence electrons. The number of aryl methyl sites for hydroxylation is 2. The van der Waals surface area contributed by atoms with Crippen LogP contribution in [0.3, 0.4) is 0 Å². The second-order valence-corrected chi connectivity index (χ2v) is 8.52. The van der Waals surface area contributed by atoms with Crippen molar-refractivity contribution in [3.05, 3.63) is 34.9 Å². The Bertz CT molecular complexity index is 716. The molecule has 2 fully saturated rings. The lowest BCUT2D eigenvalue weighted by molar-refractivity contribution is 0.0636. The highest BCUT2D eigenvalue weighted by Gasteiger charge is 2.34. The number of nitrogens with zero attached hydrogens (tertiary/aromatic N) is 3. The van der Waals surface area contributed by atoms with Gasteiger partial charge in [-0.05, 0) is 26.0 Å². The molecule has 25 heavy (non-hydrogen) atoms. The molecule has 0 saturated carbocycles. The number of benzene rings is 1. The fourth-order valence-electron chi connectivity index (χ4n) is 3.34. The Morgan fingerprint density at radius 3 is 1.96 bits per heavy atom. The molecule has 1 aromatic rings. The molecule has 0 N–H and O–H groups in total. The normalized spacial score (nSPS) is 20.6. The van der Waals surface area contributed by atoms with Crippen molar-refractivity contribution in [3.63, 3.8) is 0 Å². The fraction of sp³-hybridized carbons (Fsp3) is 0.588. The summed E-state index contributed by atoms with van der Waals surface area (Å²) in [5.74, 6) is -0.0322. The topological polar surface area (TPSA) is 70.2 Å². The molecule has 2 aliphatic rings. The molecule has 0 radical (unpaired) electrons. The molecule has 1 amide bonds. The van der Waals surface area contributed by atoms with Crippen molar-refractivity contribution in [1.29, 1.82) is 0 Å². The Labute approximate surface area is 149 Å². The first-order chi connectivity index (χ1) is 11.9. The maximum Gasteiger partial charge on any atom is 0.282 e. The molecule has 0 aromatic heterocycles. The Morgan fingerprint density at radius 1 is 0.880 bits per heavy atom. The summed E-state index contributed by atoms with van der Waals surface area (Å²) in [6.07, 6.45) is 0. The van der Waals surface area contributed by atoms with E-state index in [-0.39, 0.29) is 5.91 Å². The van der Waals surface area contributed by atoms with E-state index < -0.39 is 10.2 Å². The van der Waals surface area contributed by atoms with Crippen LogP contribution in [0.25, 0.3) is 0 Å². The molecule has 7 nitrogen and oxygen atoms in total. The first-order valence-corrected chi connectivity index (χ1v) is 9.98. The molecule has 0 spiro atoms. The van der Waals surface area contributed by atoms with E-state index in [1.165, 1.54) is 8.61 Å². The highest BCUT2D eigenvalue weighted by atomic mass is 32.2. The third-order valence-electron chi connectivity index (χ3n) is 4.62. The smallest absolute Gasteiger partial charge is 0.282 e. The van der Waals surface area contributed by atoms with E-state index >= 15 is 0 Å². The summed E-state index contributed by atoms with van der Waals surface area (Å²) in [6, 6.07) is 5.79. The number of morpholine rings is 1. The van der Waals surface area contributed by atoms with Gasteiger partial charge in [0.05, 0.1) is 13.2 Å². The van der Waals surface area contributed by atoms with Crippen molar-refractivity contribution in [2.45, 2.75) is 13.8 Å². The van der Waals surface area contributed by atoms with Crippen molar-refractivity contribution in [3.8, 4) is 0 Å². The molecule has 1 aromatic carbocycles. The Balaban J connectivity index is 1.64. The molecule has 2 saturated heterocycles. The van der Waals surface area contributed by atoms with Crippen LogP contribution < -0.4 is 0 Å². The molecule has 0 bridgehead atoms. The number of ether oxygens (including phenoxy) is 1. The average Bonchev–Trinajstić information content (AvgIpc) is 2.61. The zero-order valence-corrected chi connectivity index (χ0v) is 15.6. The SMILES string of the molecule is Cc1cc(C)cc(C(=O)N2CCN(S(=O)(=O)N3CCOCC3)CC2)c1. The molecule has 8 heteroatoms. The quantitative estimate of drug-likeness (QED) is 0.786. The second-order valence-electron chi connectivity index (χ2n) is 6.59. The van der Waals surface area contributed by atoms with E-state index in [9.17, 15) is 13.2 Å². The highest BCUT2D eigenvalue weighted by Crippen LogP contribution is 2.17. The molecular formula is C17H25N3O4S. The summed E-state index contributed by atoms with van der Waals surface area (Å²) < 4.78 is 33.5. The summed E-state index contributed by atoms with van der Waals surface area (Å²) in [4.78, 5) is 14.4. The molecule has 3 rings (SSSR count). The lowest BCUT2D eigenvalue weighted by atomic mass is 10.1. The van der Waals surface area contributed by atoms with E-state index in [0.29, 0.717) is 58.0 Å². The number of hydrogen-bond acceptors (Lipinski definition) is 4. The van der Waals surface area contributed by atoms with Gasteiger partial charge < -0.3 is 9.64 Å². The van der Waals surface area contributed by atoms with Gasteiger partial charge in [-0.3, -0.25) is 4.79 Å². The van der Waals surface area contributed by atoms with Crippen LogP contribution in [0.5, 0.6) is 0 Å². The molecular weight excluding hydrogens is 342 g/mol. The summed E-state index contributed by atoms with van der Waals surface area (Å²) in [6.45, 7) is 7.08. The van der Waals surface area contributed by atoms with Crippen LogP contribution >= 0.6 is 0 Å². The van der Waals surface area contributed by atoms with Gasteiger partial charge in [-0.15, -0.1) is 0 Å². The number of carbonyl (C=O) groups excluding carboxylic acids is 1. The zero-order chi connectivity index (χ0) is 18.0. The maximum absolute atomic E-state index is 12.7. The number of carbonyl (C=O) groups is 1. The number of rotatable bonds is 3. The highest BCUT2D eigenvalue weighted by molar-refractivity contribution is 7.86. The molecule has 2 heterocycles. The number of hydrogen-bond donors (Lipinski definition) is 0. The third-order valence-corrected chi connectivity index (χ3v) is 6.65. The van der Waals surface area contributed by atoms with Gasteiger partial charge in [0, 0.05) is 44.8 Å². The minimum Gasteiger partial charge on any atom is -0.379 e. The van der Waals surface area contributed by atoms with Gasteiger partial charge in [0.15, 0.2) is 0 Å². The summed E-state index contributed by atoms with van der Waals surface area (Å²) >= 11 is 0. The number of piperazine rings is 1. The van der Waals surface area contributed by atoms with Gasteiger partial charge in [-0.1, -0.05) is 17.2 Å². The number of amides is 1. The predicted octanol–water partition coefficient (Wildman–Crippen LogP) is 0.638. The molecule has 0 aliphatic carbocycles. The minimum atomic E-state index is -3.46. The Hall–Kier alpha value is -1.48. The minimum absolute atomic E-state index is 0.0322. The lowest BCUT2D eigenvalue weighted by Gasteiger charge is -2.37. The summed E-state index contributed by atoms with van der Waals surface area (Å²) in [7, 11) is -3.46. The third kappa shape index (κ3) is 4.03. The molecule has 2 aliphatic heterocycles. The van der Waals surface area contributed by atoms with E-state index in [4.69, 9.17) is 4.74 Å². The largest absolute Gasteiger partial charge is 0.379 e. The summed E-state index contributed by atoms with van der Waals surface area (Å²) in [5, 5.41) is 0. The Morgan fingerprint density at radius 2 is 1.40 bits per heavy atom. The fourth-order valence-corrected chi connectivity index (χ4v) is 4.91. The predicted molar refractivity (Wildman–Crippen MR) is 94.7 cm³/mol. The van der Waals surface area contributed by atoms with Gasteiger partial charge in [0.2, 0.25) is 0 Å². The van der Waals surface area contributed by atoms with Gasteiger partial charge in [0.25, 0.3) is 16.1 Å². The van der Waals surface area contributed by atoms with Gasteiger partial charge in [-0.25, -0.2) is 0 Å². The van der Waals surface area contributed by atoms with Crippen LogP contribution in [0.15, 0.2) is 18.2 Å². The van der Waals surface area contributed by atoms with Crippen molar-refractivity contribution >= 4 is 16.1 Å². The van der Waals surface area contributed by atoms with E-state index in [0.717, 1.165) is 11.1 Å². The molecule has 0 atom stereocenters. The van der Waals surface area contributed by atoms with Gasteiger partial charge in [0.1, 0.15) is 0 Å². The lowest BCUT2D eigenvalue weighted by Crippen LogP contribution is -2.55. The second kappa shape index (κ2) is 7.41. The molecule has 0 unspecified atom stereocenters.